The van der Waals surface area contributed by atoms with E-state index in [0.717, 1.165) is 4.47 Å². The van der Waals surface area contributed by atoms with Crippen LogP contribution in [0.4, 0.5) is 5.69 Å². The molecule has 6 heteroatoms. The molecular weight excluding hydrogens is 324 g/mol. The molecule has 0 aliphatic rings. The molecule has 0 saturated carbocycles. The summed E-state index contributed by atoms with van der Waals surface area (Å²) in [6, 6.07) is 12.0. The molecule has 1 aromatic heterocycles. The molecule has 0 spiro atoms. The Morgan fingerprint density at radius 1 is 1.15 bits per heavy atom. The molecule has 0 saturated heterocycles. The summed E-state index contributed by atoms with van der Waals surface area (Å²) in [5.41, 5.74) is 0.785. The minimum absolute atomic E-state index is 0.168. The number of amides is 1. The number of esters is 1. The van der Waals surface area contributed by atoms with Gasteiger partial charge in [0.1, 0.15) is 5.69 Å². The van der Waals surface area contributed by atoms with Gasteiger partial charge in [0, 0.05) is 10.7 Å². The first-order valence-electron chi connectivity index (χ1n) is 5.79. The van der Waals surface area contributed by atoms with E-state index in [4.69, 9.17) is 4.74 Å². The number of nitrogens with one attached hydrogen (secondary N) is 1. The van der Waals surface area contributed by atoms with Gasteiger partial charge in [0.2, 0.25) is 0 Å². The minimum atomic E-state index is -0.632. The molecular formula is C14H11BrN2O3. The zero-order chi connectivity index (χ0) is 14.4. The fourth-order valence-corrected chi connectivity index (χ4v) is 1.82. The molecule has 1 N–H and O–H groups in total. The Labute approximate surface area is 124 Å². The van der Waals surface area contributed by atoms with Crippen LogP contribution in [0.2, 0.25) is 0 Å². The maximum atomic E-state index is 11.7. The average molecular weight is 335 g/mol. The van der Waals surface area contributed by atoms with Crippen LogP contribution in [0.1, 0.15) is 10.5 Å². The fourth-order valence-electron chi connectivity index (χ4n) is 1.44. The molecule has 2 aromatic rings. The van der Waals surface area contributed by atoms with Crippen molar-refractivity contribution in [3.05, 3.63) is 58.8 Å². The van der Waals surface area contributed by atoms with E-state index in [0.29, 0.717) is 5.69 Å². The van der Waals surface area contributed by atoms with E-state index in [1.807, 2.05) is 6.07 Å². The lowest BCUT2D eigenvalue weighted by Crippen LogP contribution is -2.21. The predicted octanol–water partition coefficient (Wildman–Crippen LogP) is 2.64. The van der Waals surface area contributed by atoms with Gasteiger partial charge >= 0.3 is 5.97 Å². The lowest BCUT2D eigenvalue weighted by molar-refractivity contribution is -0.119. The van der Waals surface area contributed by atoms with E-state index in [1.54, 1.807) is 30.3 Å². The number of carbonyl (C=O) groups is 2. The van der Waals surface area contributed by atoms with Crippen LogP contribution in [-0.2, 0) is 9.53 Å². The lowest BCUT2D eigenvalue weighted by atomic mass is 10.3. The number of para-hydroxylation sites is 1. The Bertz CT molecular complexity index is 617. The first-order chi connectivity index (χ1) is 9.66. The third-order valence-corrected chi connectivity index (χ3v) is 3.05. The molecule has 0 bridgehead atoms. The highest BCUT2D eigenvalue weighted by Crippen LogP contribution is 2.20. The standard InChI is InChI=1S/C14H11BrN2O3/c15-10-5-1-2-6-11(10)17-13(18)9-20-14(19)12-7-3-4-8-16-12/h1-8H,9H2,(H,17,18). The van der Waals surface area contributed by atoms with Gasteiger partial charge in [-0.25, -0.2) is 9.78 Å². The molecule has 1 heterocycles. The zero-order valence-corrected chi connectivity index (χ0v) is 12.0. The average Bonchev–Trinajstić information content (AvgIpc) is 2.48. The fraction of sp³-hybridized carbons (Fsp3) is 0.0714. The number of anilines is 1. The summed E-state index contributed by atoms with van der Waals surface area (Å²) in [6.45, 7) is -0.364. The molecule has 0 fully saturated rings. The molecule has 0 aliphatic carbocycles. The lowest BCUT2D eigenvalue weighted by Gasteiger charge is -2.07. The highest BCUT2D eigenvalue weighted by molar-refractivity contribution is 9.10. The van der Waals surface area contributed by atoms with E-state index in [-0.39, 0.29) is 12.3 Å². The van der Waals surface area contributed by atoms with Gasteiger partial charge in [0.05, 0.1) is 5.69 Å². The summed E-state index contributed by atoms with van der Waals surface area (Å²) in [6.07, 6.45) is 1.48. The zero-order valence-electron chi connectivity index (χ0n) is 10.4. The van der Waals surface area contributed by atoms with Crippen LogP contribution in [0, 0.1) is 0 Å². The summed E-state index contributed by atoms with van der Waals surface area (Å²) >= 11 is 3.31. The van der Waals surface area contributed by atoms with Gasteiger partial charge in [-0.3, -0.25) is 4.79 Å². The number of halogens is 1. The summed E-state index contributed by atoms with van der Waals surface area (Å²) in [5, 5.41) is 2.63. The van der Waals surface area contributed by atoms with Crippen molar-refractivity contribution in [2.24, 2.45) is 0 Å². The van der Waals surface area contributed by atoms with Crippen molar-refractivity contribution in [1.82, 2.24) is 4.98 Å². The summed E-state index contributed by atoms with van der Waals surface area (Å²) in [4.78, 5) is 27.1. The molecule has 102 valence electrons. The molecule has 5 nitrogen and oxygen atoms in total. The first-order valence-corrected chi connectivity index (χ1v) is 6.58. The van der Waals surface area contributed by atoms with Gasteiger partial charge in [-0.15, -0.1) is 0 Å². The van der Waals surface area contributed by atoms with E-state index in [2.05, 4.69) is 26.2 Å². The Kier molecular flexibility index (Phi) is 4.84. The minimum Gasteiger partial charge on any atom is -0.451 e. The SMILES string of the molecule is O=C(COC(=O)c1ccccn1)Nc1ccccc1Br. The molecule has 1 aromatic carbocycles. The van der Waals surface area contributed by atoms with Crippen LogP contribution in [0.5, 0.6) is 0 Å². The number of ether oxygens (including phenoxy) is 1. The Morgan fingerprint density at radius 3 is 2.60 bits per heavy atom. The van der Waals surface area contributed by atoms with Gasteiger partial charge in [-0.05, 0) is 40.2 Å². The molecule has 0 aliphatic heterocycles. The normalized spacial score (nSPS) is 9.85. The smallest absolute Gasteiger partial charge is 0.357 e. The second-order valence-electron chi connectivity index (χ2n) is 3.82. The number of carbonyl (C=O) groups excluding carboxylic acids is 2. The van der Waals surface area contributed by atoms with E-state index < -0.39 is 11.9 Å². The van der Waals surface area contributed by atoms with Crippen molar-refractivity contribution >= 4 is 33.5 Å². The van der Waals surface area contributed by atoms with Crippen molar-refractivity contribution in [3.8, 4) is 0 Å². The molecule has 0 unspecified atom stereocenters. The first kappa shape index (κ1) is 14.2. The third-order valence-electron chi connectivity index (χ3n) is 2.36. The quantitative estimate of drug-likeness (QED) is 0.872. The number of hydrogen-bond acceptors (Lipinski definition) is 4. The molecule has 1 amide bonds. The van der Waals surface area contributed by atoms with Crippen LogP contribution in [-0.4, -0.2) is 23.5 Å². The second kappa shape index (κ2) is 6.81. The number of pyridine rings is 1. The second-order valence-corrected chi connectivity index (χ2v) is 4.67. The van der Waals surface area contributed by atoms with Gasteiger partial charge in [0.25, 0.3) is 5.91 Å². The van der Waals surface area contributed by atoms with Gasteiger partial charge in [-0.1, -0.05) is 18.2 Å². The topological polar surface area (TPSA) is 68.3 Å². The van der Waals surface area contributed by atoms with Gasteiger partial charge < -0.3 is 10.1 Å². The van der Waals surface area contributed by atoms with Crippen molar-refractivity contribution in [3.63, 3.8) is 0 Å². The highest BCUT2D eigenvalue weighted by Gasteiger charge is 2.11. The Hall–Kier alpha value is -2.21. The van der Waals surface area contributed by atoms with Crippen LogP contribution in [0.15, 0.2) is 53.1 Å². The van der Waals surface area contributed by atoms with E-state index in [9.17, 15) is 9.59 Å². The van der Waals surface area contributed by atoms with Crippen LogP contribution < -0.4 is 5.32 Å². The predicted molar refractivity (Wildman–Crippen MR) is 77.3 cm³/mol. The summed E-state index contributed by atoms with van der Waals surface area (Å²) in [7, 11) is 0. The number of benzene rings is 1. The van der Waals surface area contributed by atoms with Crippen molar-refractivity contribution in [2.75, 3.05) is 11.9 Å². The molecule has 20 heavy (non-hydrogen) atoms. The van der Waals surface area contributed by atoms with E-state index in [1.165, 1.54) is 12.3 Å². The third kappa shape index (κ3) is 3.89. The molecule has 2 rings (SSSR count). The van der Waals surface area contributed by atoms with Crippen LogP contribution in [0.25, 0.3) is 0 Å². The summed E-state index contributed by atoms with van der Waals surface area (Å²) < 4.78 is 5.63. The van der Waals surface area contributed by atoms with Crippen molar-refractivity contribution in [1.29, 1.82) is 0 Å². The van der Waals surface area contributed by atoms with Crippen LogP contribution in [0.3, 0.4) is 0 Å². The van der Waals surface area contributed by atoms with Crippen molar-refractivity contribution in [2.45, 2.75) is 0 Å². The van der Waals surface area contributed by atoms with E-state index >= 15 is 0 Å². The van der Waals surface area contributed by atoms with Crippen LogP contribution >= 0.6 is 15.9 Å². The summed E-state index contributed by atoms with van der Waals surface area (Å²) in [5.74, 6) is -1.05. The Balaban J connectivity index is 1.87. The monoisotopic (exact) mass is 334 g/mol. The highest BCUT2D eigenvalue weighted by atomic mass is 79.9. The van der Waals surface area contributed by atoms with Gasteiger partial charge in [0.15, 0.2) is 6.61 Å². The molecule has 0 atom stereocenters. The van der Waals surface area contributed by atoms with Gasteiger partial charge in [-0.2, -0.15) is 0 Å². The number of aromatic nitrogens is 1. The molecule has 0 radical (unpaired) electrons. The largest absolute Gasteiger partial charge is 0.451 e. The Morgan fingerprint density at radius 2 is 1.90 bits per heavy atom. The maximum absolute atomic E-state index is 11.7. The maximum Gasteiger partial charge on any atom is 0.357 e. The van der Waals surface area contributed by atoms with Crippen molar-refractivity contribution < 1.29 is 14.3 Å². The number of nitrogens with zero attached hydrogens (tertiary/aromatic N) is 1. The number of rotatable bonds is 4. The number of hydrogen-bond donors (Lipinski definition) is 1.